The standard InChI is InChI=1S/C20H20ClN3O3/c1-11(2)18(25)23-16-8-7-13(10-15(16)21)22-20(27)17-9-12-5-3-4-6-14(12)19(26)24-17/h3-8,10-11,17H,9H2,1-2H3,(H,22,27)(H,23,25)(H,24,26). The second-order valence-corrected chi connectivity index (χ2v) is 7.12. The molecule has 1 aliphatic heterocycles. The predicted molar refractivity (Wildman–Crippen MR) is 105 cm³/mol. The van der Waals surface area contributed by atoms with E-state index in [1.165, 1.54) is 0 Å². The molecule has 1 aliphatic rings. The van der Waals surface area contributed by atoms with Crippen molar-refractivity contribution in [3.63, 3.8) is 0 Å². The molecule has 7 heteroatoms. The van der Waals surface area contributed by atoms with Gasteiger partial charge in [0.05, 0.1) is 10.7 Å². The highest BCUT2D eigenvalue weighted by Crippen LogP contribution is 2.26. The van der Waals surface area contributed by atoms with Crippen LogP contribution in [-0.4, -0.2) is 23.8 Å². The molecular weight excluding hydrogens is 366 g/mol. The van der Waals surface area contributed by atoms with Crippen LogP contribution in [0.3, 0.4) is 0 Å². The van der Waals surface area contributed by atoms with Gasteiger partial charge in [0.25, 0.3) is 5.91 Å². The number of nitrogens with one attached hydrogen (secondary N) is 3. The lowest BCUT2D eigenvalue weighted by Crippen LogP contribution is -2.48. The van der Waals surface area contributed by atoms with E-state index in [0.717, 1.165) is 5.56 Å². The number of carbonyl (C=O) groups excluding carboxylic acids is 3. The summed E-state index contributed by atoms with van der Waals surface area (Å²) in [4.78, 5) is 36.5. The van der Waals surface area contributed by atoms with E-state index >= 15 is 0 Å². The first kappa shape index (κ1) is 18.9. The van der Waals surface area contributed by atoms with Gasteiger partial charge in [-0.2, -0.15) is 0 Å². The van der Waals surface area contributed by atoms with Crippen LogP contribution in [0.25, 0.3) is 0 Å². The van der Waals surface area contributed by atoms with Gasteiger partial charge in [0.15, 0.2) is 0 Å². The van der Waals surface area contributed by atoms with Crippen LogP contribution in [0.15, 0.2) is 42.5 Å². The van der Waals surface area contributed by atoms with E-state index in [0.29, 0.717) is 28.4 Å². The molecule has 0 spiro atoms. The number of hydrogen-bond acceptors (Lipinski definition) is 3. The Morgan fingerprint density at radius 3 is 2.59 bits per heavy atom. The van der Waals surface area contributed by atoms with E-state index in [9.17, 15) is 14.4 Å². The van der Waals surface area contributed by atoms with Crippen molar-refractivity contribution in [3.8, 4) is 0 Å². The molecule has 0 aliphatic carbocycles. The average molecular weight is 386 g/mol. The SMILES string of the molecule is CC(C)C(=O)Nc1ccc(NC(=O)C2Cc3ccccc3C(=O)N2)cc1Cl. The van der Waals surface area contributed by atoms with Crippen molar-refractivity contribution in [2.24, 2.45) is 5.92 Å². The van der Waals surface area contributed by atoms with Crippen molar-refractivity contribution in [1.82, 2.24) is 5.32 Å². The zero-order valence-electron chi connectivity index (χ0n) is 15.0. The number of anilines is 2. The summed E-state index contributed by atoms with van der Waals surface area (Å²) >= 11 is 6.20. The Balaban J connectivity index is 1.69. The van der Waals surface area contributed by atoms with E-state index in [1.807, 2.05) is 12.1 Å². The Hall–Kier alpha value is -2.86. The molecule has 27 heavy (non-hydrogen) atoms. The summed E-state index contributed by atoms with van der Waals surface area (Å²) in [5.41, 5.74) is 2.40. The van der Waals surface area contributed by atoms with Crippen LogP contribution in [0, 0.1) is 5.92 Å². The first-order valence-corrected chi connectivity index (χ1v) is 9.03. The Labute approximate surface area is 162 Å². The summed E-state index contributed by atoms with van der Waals surface area (Å²) in [5.74, 6) is -0.898. The number of rotatable bonds is 4. The molecule has 2 aromatic carbocycles. The minimum Gasteiger partial charge on any atom is -0.340 e. The first-order valence-electron chi connectivity index (χ1n) is 8.65. The lowest BCUT2D eigenvalue weighted by atomic mass is 9.95. The molecule has 140 valence electrons. The summed E-state index contributed by atoms with van der Waals surface area (Å²) in [6.07, 6.45) is 0.421. The van der Waals surface area contributed by atoms with Gasteiger partial charge < -0.3 is 16.0 Å². The second-order valence-electron chi connectivity index (χ2n) is 6.72. The Morgan fingerprint density at radius 1 is 1.15 bits per heavy atom. The molecule has 0 fully saturated rings. The molecule has 0 aromatic heterocycles. The molecule has 0 radical (unpaired) electrons. The lowest BCUT2D eigenvalue weighted by Gasteiger charge is -2.24. The van der Waals surface area contributed by atoms with Gasteiger partial charge in [0, 0.05) is 23.6 Å². The van der Waals surface area contributed by atoms with Crippen molar-refractivity contribution < 1.29 is 14.4 Å². The first-order chi connectivity index (χ1) is 12.8. The third kappa shape index (κ3) is 4.28. The second kappa shape index (κ2) is 7.80. The number of benzene rings is 2. The van der Waals surface area contributed by atoms with Crippen LogP contribution < -0.4 is 16.0 Å². The fourth-order valence-electron chi connectivity index (χ4n) is 2.79. The monoisotopic (exact) mass is 385 g/mol. The number of hydrogen-bond donors (Lipinski definition) is 3. The zero-order chi connectivity index (χ0) is 19.6. The maximum Gasteiger partial charge on any atom is 0.252 e. The van der Waals surface area contributed by atoms with Gasteiger partial charge in [-0.15, -0.1) is 0 Å². The van der Waals surface area contributed by atoms with Gasteiger partial charge >= 0.3 is 0 Å². The smallest absolute Gasteiger partial charge is 0.252 e. The van der Waals surface area contributed by atoms with Gasteiger partial charge in [-0.25, -0.2) is 0 Å². The van der Waals surface area contributed by atoms with E-state index in [4.69, 9.17) is 11.6 Å². The molecule has 3 rings (SSSR count). The van der Waals surface area contributed by atoms with Gasteiger partial charge in [0.1, 0.15) is 6.04 Å². The number of carbonyl (C=O) groups is 3. The maximum absolute atomic E-state index is 12.5. The lowest BCUT2D eigenvalue weighted by molar-refractivity contribution is -0.119. The molecule has 0 saturated carbocycles. The summed E-state index contributed by atoms with van der Waals surface area (Å²) < 4.78 is 0. The minimum atomic E-state index is -0.661. The predicted octanol–water partition coefficient (Wildman–Crippen LogP) is 3.23. The Morgan fingerprint density at radius 2 is 1.89 bits per heavy atom. The van der Waals surface area contributed by atoms with E-state index in [-0.39, 0.29) is 23.6 Å². The van der Waals surface area contributed by atoms with Crippen LogP contribution in [0.2, 0.25) is 5.02 Å². The summed E-state index contributed by atoms with van der Waals surface area (Å²) in [6, 6.07) is 11.4. The largest absolute Gasteiger partial charge is 0.340 e. The van der Waals surface area contributed by atoms with Crippen LogP contribution in [-0.2, 0) is 16.0 Å². The van der Waals surface area contributed by atoms with Crippen LogP contribution >= 0.6 is 11.6 Å². The van der Waals surface area contributed by atoms with Crippen molar-refractivity contribution in [3.05, 3.63) is 58.6 Å². The molecule has 3 amide bonds. The summed E-state index contributed by atoms with van der Waals surface area (Å²) in [5, 5.41) is 8.52. The molecule has 1 unspecified atom stereocenters. The quantitative estimate of drug-likeness (QED) is 0.755. The molecule has 0 bridgehead atoms. The summed E-state index contributed by atoms with van der Waals surface area (Å²) in [6.45, 7) is 3.57. The molecule has 6 nitrogen and oxygen atoms in total. The molecule has 3 N–H and O–H groups in total. The summed E-state index contributed by atoms with van der Waals surface area (Å²) in [7, 11) is 0. The van der Waals surface area contributed by atoms with Gasteiger partial charge in [-0.1, -0.05) is 43.6 Å². The van der Waals surface area contributed by atoms with E-state index < -0.39 is 6.04 Å². The van der Waals surface area contributed by atoms with Crippen molar-refractivity contribution in [2.45, 2.75) is 26.3 Å². The zero-order valence-corrected chi connectivity index (χ0v) is 15.8. The Bertz CT molecular complexity index is 911. The maximum atomic E-state index is 12.5. The Kier molecular flexibility index (Phi) is 5.46. The van der Waals surface area contributed by atoms with Gasteiger partial charge in [-0.3, -0.25) is 14.4 Å². The third-order valence-corrected chi connectivity index (χ3v) is 4.64. The number of amides is 3. The van der Waals surface area contributed by atoms with Crippen molar-refractivity contribution in [2.75, 3.05) is 10.6 Å². The topological polar surface area (TPSA) is 87.3 Å². The third-order valence-electron chi connectivity index (χ3n) is 4.33. The van der Waals surface area contributed by atoms with Crippen molar-refractivity contribution in [1.29, 1.82) is 0 Å². The van der Waals surface area contributed by atoms with E-state index in [2.05, 4.69) is 16.0 Å². The number of halogens is 1. The van der Waals surface area contributed by atoms with Gasteiger partial charge in [-0.05, 0) is 29.8 Å². The molecule has 2 aromatic rings. The van der Waals surface area contributed by atoms with E-state index in [1.54, 1.807) is 44.2 Å². The fourth-order valence-corrected chi connectivity index (χ4v) is 3.01. The molecular formula is C20H20ClN3O3. The molecule has 1 atom stereocenters. The van der Waals surface area contributed by atoms with Gasteiger partial charge in [0.2, 0.25) is 11.8 Å². The van der Waals surface area contributed by atoms with Crippen LogP contribution in [0.5, 0.6) is 0 Å². The average Bonchev–Trinajstić information content (AvgIpc) is 2.63. The fraction of sp³-hybridized carbons (Fsp3) is 0.250. The highest BCUT2D eigenvalue weighted by molar-refractivity contribution is 6.34. The van der Waals surface area contributed by atoms with Crippen LogP contribution in [0.1, 0.15) is 29.8 Å². The number of fused-ring (bicyclic) bond motifs is 1. The molecule has 0 saturated heterocycles. The van der Waals surface area contributed by atoms with Crippen molar-refractivity contribution >= 4 is 40.7 Å². The highest BCUT2D eigenvalue weighted by atomic mass is 35.5. The minimum absolute atomic E-state index is 0.141. The normalized spacial score (nSPS) is 15.7. The van der Waals surface area contributed by atoms with Crippen LogP contribution in [0.4, 0.5) is 11.4 Å². The highest BCUT2D eigenvalue weighted by Gasteiger charge is 2.28. The molecule has 1 heterocycles.